The molecule has 0 aliphatic carbocycles. The smallest absolute Gasteiger partial charge is 0.138 e. The molecule has 3 heterocycles. The molecule has 0 radical (unpaired) electrons. The van der Waals surface area contributed by atoms with Crippen molar-refractivity contribution in [2.45, 2.75) is 27.7 Å². The summed E-state index contributed by atoms with van der Waals surface area (Å²) in [5.74, 6) is 0. The van der Waals surface area contributed by atoms with Gasteiger partial charge in [0.05, 0.1) is 0 Å². The lowest BCUT2D eigenvalue weighted by Crippen LogP contribution is -1.95. The molecular weight excluding hydrogens is 286 g/mol. The van der Waals surface area contributed by atoms with Gasteiger partial charge in [0.15, 0.2) is 0 Å². The first-order valence-corrected chi connectivity index (χ1v) is 8.02. The Labute approximate surface area is 126 Å². The highest BCUT2D eigenvalue weighted by Crippen LogP contribution is 2.37. The van der Waals surface area contributed by atoms with Gasteiger partial charge in [0.1, 0.15) is 17.7 Å². The van der Waals surface area contributed by atoms with Crippen LogP contribution in [0.15, 0.2) is 18.5 Å². The molecule has 0 fully saturated rings. The highest BCUT2D eigenvalue weighted by atomic mass is 32.1. The average Bonchev–Trinajstić information content (AvgIpc) is 2.91. The maximum Gasteiger partial charge on any atom is 0.138 e. The Morgan fingerprint density at radius 1 is 0.800 bits per heavy atom. The first-order valence-electron chi connectivity index (χ1n) is 6.38. The lowest BCUT2D eigenvalue weighted by atomic mass is 10.1. The molecule has 20 heavy (non-hydrogen) atoms. The predicted molar refractivity (Wildman–Crippen MR) is 85.4 cm³/mol. The number of aromatic nitrogens is 3. The van der Waals surface area contributed by atoms with Gasteiger partial charge >= 0.3 is 0 Å². The number of hydrogen-bond donors (Lipinski definition) is 0. The normalized spacial score (nSPS) is 11.0. The van der Waals surface area contributed by atoms with Crippen LogP contribution in [0, 0.1) is 27.7 Å². The molecule has 0 saturated carbocycles. The van der Waals surface area contributed by atoms with Crippen molar-refractivity contribution in [1.82, 2.24) is 15.2 Å². The molecular formula is C15H15N3S2. The average molecular weight is 301 g/mol. The van der Waals surface area contributed by atoms with Gasteiger partial charge in [-0.25, -0.2) is 4.98 Å². The Morgan fingerprint density at radius 2 is 1.35 bits per heavy atom. The largest absolute Gasteiger partial charge is 0.232 e. The molecule has 0 unspecified atom stereocenters. The van der Waals surface area contributed by atoms with Gasteiger partial charge in [0.25, 0.3) is 0 Å². The summed E-state index contributed by atoms with van der Waals surface area (Å²) in [6.45, 7) is 8.49. The fourth-order valence-corrected chi connectivity index (χ4v) is 4.24. The fraction of sp³-hybridized carbons (Fsp3) is 0.267. The molecule has 0 atom stereocenters. The molecule has 0 aliphatic rings. The van der Waals surface area contributed by atoms with Crippen LogP contribution in [0.4, 0.5) is 0 Å². The topological polar surface area (TPSA) is 38.7 Å². The van der Waals surface area contributed by atoms with Gasteiger partial charge in [-0.3, -0.25) is 0 Å². The summed E-state index contributed by atoms with van der Waals surface area (Å²) < 4.78 is 0. The van der Waals surface area contributed by atoms with Crippen molar-refractivity contribution < 1.29 is 0 Å². The Morgan fingerprint density at radius 3 is 1.85 bits per heavy atom. The van der Waals surface area contributed by atoms with E-state index in [1.54, 1.807) is 22.7 Å². The van der Waals surface area contributed by atoms with Gasteiger partial charge in [-0.05, 0) is 39.8 Å². The van der Waals surface area contributed by atoms with Crippen molar-refractivity contribution in [3.05, 3.63) is 38.0 Å². The van der Waals surface area contributed by atoms with Gasteiger partial charge in [-0.1, -0.05) is 0 Å². The van der Waals surface area contributed by atoms with E-state index in [2.05, 4.69) is 55.0 Å². The summed E-state index contributed by atoms with van der Waals surface area (Å²) in [4.78, 5) is 9.60. The van der Waals surface area contributed by atoms with Gasteiger partial charge in [0.2, 0.25) is 0 Å². The van der Waals surface area contributed by atoms with Gasteiger partial charge < -0.3 is 0 Å². The Hall–Kier alpha value is -1.59. The summed E-state index contributed by atoms with van der Waals surface area (Å²) in [5, 5.41) is 8.33. The summed E-state index contributed by atoms with van der Waals surface area (Å²) in [6, 6.07) is 4.35. The summed E-state index contributed by atoms with van der Waals surface area (Å²) in [7, 11) is 0. The van der Waals surface area contributed by atoms with E-state index in [-0.39, 0.29) is 0 Å². The third kappa shape index (κ3) is 2.27. The van der Waals surface area contributed by atoms with Crippen molar-refractivity contribution in [1.29, 1.82) is 0 Å². The predicted octanol–water partition coefficient (Wildman–Crippen LogP) is 4.56. The minimum absolute atomic E-state index is 0.884. The zero-order chi connectivity index (χ0) is 14.3. The molecule has 0 bridgehead atoms. The van der Waals surface area contributed by atoms with Crippen LogP contribution >= 0.6 is 22.7 Å². The molecule has 3 nitrogen and oxygen atoms in total. The quantitative estimate of drug-likeness (QED) is 0.696. The molecule has 0 aromatic carbocycles. The second-order valence-corrected chi connectivity index (χ2v) is 7.73. The molecule has 0 spiro atoms. The SMILES string of the molecule is Cc1cc(-c2ncnnc2-c2cc(C)sc2C)c(C)s1. The second-order valence-electron chi connectivity index (χ2n) is 4.81. The van der Waals surface area contributed by atoms with Crippen molar-refractivity contribution in [3.8, 4) is 22.5 Å². The highest BCUT2D eigenvalue weighted by Gasteiger charge is 2.17. The minimum Gasteiger partial charge on any atom is -0.232 e. The molecule has 0 amide bonds. The van der Waals surface area contributed by atoms with Crippen molar-refractivity contribution in [3.63, 3.8) is 0 Å². The zero-order valence-corrected chi connectivity index (χ0v) is 13.5. The van der Waals surface area contributed by atoms with Crippen LogP contribution in [0.3, 0.4) is 0 Å². The zero-order valence-electron chi connectivity index (χ0n) is 11.9. The van der Waals surface area contributed by atoms with Crippen molar-refractivity contribution in [2.75, 3.05) is 0 Å². The Kier molecular flexibility index (Phi) is 3.40. The molecule has 5 heteroatoms. The fourth-order valence-electron chi connectivity index (χ4n) is 2.39. The van der Waals surface area contributed by atoms with Crippen LogP contribution in [0.25, 0.3) is 22.5 Å². The number of thiophene rings is 2. The van der Waals surface area contributed by atoms with E-state index in [0.29, 0.717) is 0 Å². The van der Waals surface area contributed by atoms with Crippen molar-refractivity contribution >= 4 is 22.7 Å². The second kappa shape index (κ2) is 5.07. The maximum atomic E-state index is 4.49. The highest BCUT2D eigenvalue weighted by molar-refractivity contribution is 7.12. The Bertz CT molecular complexity index is 706. The van der Waals surface area contributed by atoms with Crippen LogP contribution in [0.1, 0.15) is 19.5 Å². The van der Waals surface area contributed by atoms with E-state index in [0.717, 1.165) is 17.0 Å². The first-order chi connectivity index (χ1) is 9.56. The third-order valence-corrected chi connectivity index (χ3v) is 5.14. The van der Waals surface area contributed by atoms with E-state index in [9.17, 15) is 0 Å². The Balaban J connectivity index is 2.23. The van der Waals surface area contributed by atoms with Gasteiger partial charge in [0, 0.05) is 30.6 Å². The third-order valence-electron chi connectivity index (χ3n) is 3.21. The van der Waals surface area contributed by atoms with E-state index >= 15 is 0 Å². The van der Waals surface area contributed by atoms with Gasteiger partial charge in [-0.15, -0.1) is 32.9 Å². The number of rotatable bonds is 2. The summed E-state index contributed by atoms with van der Waals surface area (Å²) in [5.41, 5.74) is 4.13. The van der Waals surface area contributed by atoms with Crippen LogP contribution < -0.4 is 0 Å². The molecule has 0 N–H and O–H groups in total. The van der Waals surface area contributed by atoms with E-state index < -0.39 is 0 Å². The summed E-state index contributed by atoms with van der Waals surface area (Å²) >= 11 is 3.58. The van der Waals surface area contributed by atoms with E-state index in [4.69, 9.17) is 0 Å². The summed E-state index contributed by atoms with van der Waals surface area (Å²) in [6.07, 6.45) is 1.53. The van der Waals surface area contributed by atoms with E-state index in [1.165, 1.54) is 31.4 Å². The maximum absolute atomic E-state index is 4.49. The molecule has 3 aromatic heterocycles. The molecule has 0 aliphatic heterocycles. The van der Waals surface area contributed by atoms with Crippen LogP contribution in [-0.2, 0) is 0 Å². The lowest BCUT2D eigenvalue weighted by molar-refractivity contribution is 0.980. The minimum atomic E-state index is 0.884. The van der Waals surface area contributed by atoms with Crippen molar-refractivity contribution in [2.24, 2.45) is 0 Å². The first kappa shape index (κ1) is 13.4. The monoisotopic (exact) mass is 301 g/mol. The molecule has 3 aromatic rings. The van der Waals surface area contributed by atoms with Crippen LogP contribution in [0.2, 0.25) is 0 Å². The number of hydrogen-bond acceptors (Lipinski definition) is 5. The lowest BCUT2D eigenvalue weighted by Gasteiger charge is -2.05. The van der Waals surface area contributed by atoms with Crippen LogP contribution in [0.5, 0.6) is 0 Å². The van der Waals surface area contributed by atoms with Crippen LogP contribution in [-0.4, -0.2) is 15.2 Å². The van der Waals surface area contributed by atoms with E-state index in [1.807, 2.05) is 0 Å². The molecule has 102 valence electrons. The number of aryl methyl sites for hydroxylation is 4. The number of nitrogens with zero attached hydrogens (tertiary/aromatic N) is 3. The molecule has 3 rings (SSSR count). The van der Waals surface area contributed by atoms with Gasteiger partial charge in [-0.2, -0.15) is 0 Å². The molecule has 0 saturated heterocycles. The standard InChI is InChI=1S/C15H15N3S2/c1-8-5-12(10(3)19-8)14-15(18-17-7-16-14)13-6-9(2)20-11(13)4/h5-7H,1-4H3.